The van der Waals surface area contributed by atoms with E-state index in [0.29, 0.717) is 69.9 Å². The number of nitrogens with zero attached hydrogens (tertiary/aromatic N) is 4. The number of carbonyl (C=O) groups is 2. The first kappa shape index (κ1) is 54.1. The fourth-order valence-corrected chi connectivity index (χ4v) is 13.3. The number of para-hydroxylation sites is 2. The quantitative estimate of drug-likeness (QED) is 0.0227. The molecule has 9 rings (SSSR count). The highest BCUT2D eigenvalue weighted by Crippen LogP contribution is 2.43. The number of rotatable bonds is 26. The number of aryl methyl sites for hydroxylation is 3. The number of benzene rings is 5. The second-order valence-corrected chi connectivity index (χ2v) is 23.4. The molecule has 0 aliphatic carbocycles. The van der Waals surface area contributed by atoms with E-state index >= 15 is 0 Å². The maximum absolute atomic E-state index is 14.3. The molecule has 75 heavy (non-hydrogen) atoms. The van der Waals surface area contributed by atoms with Gasteiger partial charge in [0, 0.05) is 77.2 Å². The van der Waals surface area contributed by atoms with E-state index in [-0.39, 0.29) is 35.3 Å². The van der Waals surface area contributed by atoms with Crippen LogP contribution < -0.4 is 28.9 Å². The Morgan fingerprint density at radius 1 is 0.693 bits per heavy atom. The summed E-state index contributed by atoms with van der Waals surface area (Å²) in [4.78, 5) is 40.3. The molecule has 398 valence electrons. The minimum atomic E-state index is -0.156. The van der Waals surface area contributed by atoms with Crippen molar-refractivity contribution in [2.75, 3.05) is 87.4 Å². The standard InChI is InChI=1S/C60H72N4O9S2/c1-7-61-73-22-12-28-74-75-60(3,4)40-62(21-23-69-26-27-70-25-24-67-5)50-31-42(38-71-55-35-44-17-19-48-33-46-13-8-10-15-53(46)63(48)58(65)51(44)29-41(55)2)30-43(32-50)39-72-57-36-45-18-20-49-34-47-14-9-11-16-54(47)64(49)59(66)52(45)37-56(57)68-6/h7-11,13-16,29-32,35-37,48-49H,12,17-28,33-34,38-40H2,1-6H3/t48-,49-/m1/s1. The lowest BCUT2D eigenvalue weighted by Gasteiger charge is -2.34. The van der Waals surface area contributed by atoms with E-state index in [1.165, 1.54) is 11.1 Å². The Morgan fingerprint density at radius 2 is 1.28 bits per heavy atom. The third-order valence-electron chi connectivity index (χ3n) is 14.3. The van der Waals surface area contributed by atoms with E-state index in [2.05, 4.69) is 78.5 Å². The van der Waals surface area contributed by atoms with Gasteiger partial charge in [0.25, 0.3) is 11.8 Å². The lowest BCUT2D eigenvalue weighted by atomic mass is 9.98. The molecule has 0 fully saturated rings. The molecule has 5 aromatic carbocycles. The van der Waals surface area contributed by atoms with Crippen LogP contribution in [0.2, 0.25) is 0 Å². The molecule has 0 bridgehead atoms. The fraction of sp³-hybridized carbons (Fsp3) is 0.450. The highest BCUT2D eigenvalue weighted by atomic mass is 33.1. The van der Waals surface area contributed by atoms with Crippen LogP contribution in [0.1, 0.15) is 99.7 Å². The van der Waals surface area contributed by atoms with Crippen LogP contribution >= 0.6 is 21.6 Å². The van der Waals surface area contributed by atoms with Crippen LogP contribution in [0.5, 0.6) is 17.2 Å². The number of hydrogen-bond donors (Lipinski definition) is 0. The molecule has 0 N–H and O–H groups in total. The van der Waals surface area contributed by atoms with Gasteiger partial charge >= 0.3 is 0 Å². The largest absolute Gasteiger partial charge is 0.493 e. The SMILES string of the molecule is CC=NOCCCSSC(C)(C)CN(CCOCCOCCOC)c1cc(COc2cc3c(cc2C)C(=O)N2c4ccccc4C[C@H]2CC3)cc(COc2cc3c(cc2OC)C(=O)N2c4ccccc4C[C@H]2CC3)c1. The molecule has 2 atom stereocenters. The Hall–Kier alpha value is -5.71. The van der Waals surface area contributed by atoms with Crippen molar-refractivity contribution in [1.29, 1.82) is 0 Å². The molecule has 5 aromatic rings. The van der Waals surface area contributed by atoms with Gasteiger partial charge in [-0.3, -0.25) is 9.59 Å². The molecule has 0 spiro atoms. The fourth-order valence-electron chi connectivity index (χ4n) is 10.8. The first-order valence-electron chi connectivity index (χ1n) is 26.4. The van der Waals surface area contributed by atoms with Crippen LogP contribution in [0, 0.1) is 6.92 Å². The smallest absolute Gasteiger partial charge is 0.258 e. The molecule has 4 aliphatic heterocycles. The number of anilines is 3. The Bertz CT molecular complexity index is 2820. The van der Waals surface area contributed by atoms with Gasteiger partial charge in [0.2, 0.25) is 0 Å². The van der Waals surface area contributed by atoms with E-state index in [0.717, 1.165) is 113 Å². The normalized spacial score (nSPS) is 16.7. The summed E-state index contributed by atoms with van der Waals surface area (Å²) in [5, 5.41) is 3.89. The number of hydrogen-bond acceptors (Lipinski definition) is 13. The van der Waals surface area contributed by atoms with Crippen molar-refractivity contribution in [3.05, 3.63) is 141 Å². The van der Waals surface area contributed by atoms with Gasteiger partial charge in [-0.15, -0.1) is 0 Å². The van der Waals surface area contributed by atoms with Crippen molar-refractivity contribution in [2.45, 2.75) is 103 Å². The second kappa shape index (κ2) is 25.4. The summed E-state index contributed by atoms with van der Waals surface area (Å²) in [5.74, 6) is 2.86. The van der Waals surface area contributed by atoms with Gasteiger partial charge in [0.1, 0.15) is 25.6 Å². The van der Waals surface area contributed by atoms with Crippen LogP contribution in [0.25, 0.3) is 0 Å². The van der Waals surface area contributed by atoms with Gasteiger partial charge in [-0.05, 0) is 166 Å². The molecule has 0 radical (unpaired) electrons. The topological polar surface area (TPSA) is 121 Å². The zero-order valence-corrected chi connectivity index (χ0v) is 46.0. The van der Waals surface area contributed by atoms with Crippen molar-refractivity contribution >= 4 is 56.7 Å². The third-order valence-corrected chi connectivity index (χ3v) is 17.7. The Balaban J connectivity index is 0.983. The summed E-state index contributed by atoms with van der Waals surface area (Å²) in [6, 6.07) is 31.3. The predicted molar refractivity (Wildman–Crippen MR) is 302 cm³/mol. The summed E-state index contributed by atoms with van der Waals surface area (Å²) in [6.45, 7) is 13.4. The Labute approximate surface area is 450 Å². The number of methoxy groups -OCH3 is 2. The zero-order chi connectivity index (χ0) is 52.3. The summed E-state index contributed by atoms with van der Waals surface area (Å²) in [6.07, 6.45) is 7.57. The average Bonchev–Trinajstić information content (AvgIpc) is 3.92. The van der Waals surface area contributed by atoms with Gasteiger partial charge in [-0.2, -0.15) is 0 Å². The maximum atomic E-state index is 14.3. The molecule has 0 saturated heterocycles. The van der Waals surface area contributed by atoms with Gasteiger partial charge in [0.15, 0.2) is 11.5 Å². The van der Waals surface area contributed by atoms with Crippen molar-refractivity contribution in [1.82, 2.24) is 0 Å². The van der Waals surface area contributed by atoms with Crippen LogP contribution in [-0.2, 0) is 57.9 Å². The molecule has 0 saturated carbocycles. The van der Waals surface area contributed by atoms with Crippen molar-refractivity contribution in [3.63, 3.8) is 0 Å². The minimum absolute atomic E-state index is 0.0000318. The van der Waals surface area contributed by atoms with Crippen LogP contribution in [0.15, 0.2) is 96.2 Å². The van der Waals surface area contributed by atoms with Gasteiger partial charge in [-0.25, -0.2) is 0 Å². The van der Waals surface area contributed by atoms with Crippen molar-refractivity contribution < 1.29 is 42.8 Å². The zero-order valence-electron chi connectivity index (χ0n) is 44.4. The highest BCUT2D eigenvalue weighted by molar-refractivity contribution is 8.77. The Morgan fingerprint density at radius 3 is 1.91 bits per heavy atom. The number of carbonyl (C=O) groups excluding carboxylic acids is 2. The highest BCUT2D eigenvalue weighted by Gasteiger charge is 2.39. The average molecular weight is 1060 g/mol. The first-order valence-corrected chi connectivity index (χ1v) is 28.7. The maximum Gasteiger partial charge on any atom is 0.258 e. The molecular weight excluding hydrogens is 985 g/mol. The summed E-state index contributed by atoms with van der Waals surface area (Å²) in [5.41, 5.74) is 11.7. The van der Waals surface area contributed by atoms with E-state index in [4.69, 9.17) is 33.3 Å². The summed E-state index contributed by atoms with van der Waals surface area (Å²) >= 11 is 0. The molecular formula is C60H72N4O9S2. The van der Waals surface area contributed by atoms with Crippen molar-refractivity contribution in [3.8, 4) is 17.2 Å². The molecule has 2 amide bonds. The number of fused-ring (bicyclic) bond motifs is 8. The van der Waals surface area contributed by atoms with E-state index in [9.17, 15) is 9.59 Å². The van der Waals surface area contributed by atoms with E-state index in [1.807, 2.05) is 81.6 Å². The lowest BCUT2D eigenvalue weighted by Crippen LogP contribution is -2.38. The van der Waals surface area contributed by atoms with E-state index in [1.54, 1.807) is 20.4 Å². The number of oxime groups is 1. The first-order chi connectivity index (χ1) is 36.5. The molecule has 4 aliphatic rings. The van der Waals surface area contributed by atoms with Crippen LogP contribution in [-0.4, -0.2) is 108 Å². The second-order valence-electron chi connectivity index (χ2n) is 20.3. The van der Waals surface area contributed by atoms with E-state index < -0.39 is 0 Å². The Kier molecular flexibility index (Phi) is 18.3. The van der Waals surface area contributed by atoms with Crippen LogP contribution in [0.3, 0.4) is 0 Å². The van der Waals surface area contributed by atoms with Gasteiger partial charge in [0.05, 0.1) is 40.1 Å². The monoisotopic (exact) mass is 1060 g/mol. The lowest BCUT2D eigenvalue weighted by molar-refractivity contribution is 0.0264. The minimum Gasteiger partial charge on any atom is -0.493 e. The number of ether oxygens (including phenoxy) is 6. The van der Waals surface area contributed by atoms with Gasteiger partial charge < -0.3 is 48.0 Å². The molecule has 15 heteroatoms. The molecule has 0 aromatic heterocycles. The van der Waals surface area contributed by atoms with Gasteiger partial charge in [-0.1, -0.05) is 63.1 Å². The molecule has 13 nitrogen and oxygen atoms in total. The van der Waals surface area contributed by atoms with Crippen molar-refractivity contribution in [2.24, 2.45) is 5.16 Å². The van der Waals surface area contributed by atoms with Crippen LogP contribution in [0.4, 0.5) is 17.1 Å². The number of amides is 2. The summed E-state index contributed by atoms with van der Waals surface area (Å²) < 4.78 is 36.4. The molecule has 0 unspecified atom stereocenters. The molecule has 4 heterocycles. The third kappa shape index (κ3) is 13.1. The predicted octanol–water partition coefficient (Wildman–Crippen LogP) is 11.3. The summed E-state index contributed by atoms with van der Waals surface area (Å²) in [7, 11) is 7.01.